The molecule has 0 aliphatic carbocycles. The standard InChI is InChI=1S/C23H18N4O3S/c28-22(17-5-7-18(8-6-17)26-23(29)20-4-2-14-31-20)27-21-19(3-1-11-25-21)30-15-16-9-12-24-13-10-16/h1-14H,15H2,(H,26,29)(H,25,27,28). The summed E-state index contributed by atoms with van der Waals surface area (Å²) in [5, 5.41) is 7.42. The molecule has 0 spiro atoms. The molecule has 4 rings (SSSR count). The van der Waals surface area contributed by atoms with Gasteiger partial charge in [0.05, 0.1) is 4.88 Å². The summed E-state index contributed by atoms with van der Waals surface area (Å²) in [5.74, 6) is 0.282. The van der Waals surface area contributed by atoms with Crippen LogP contribution < -0.4 is 15.4 Å². The summed E-state index contributed by atoms with van der Waals surface area (Å²) >= 11 is 1.37. The first-order chi connectivity index (χ1) is 15.2. The van der Waals surface area contributed by atoms with Gasteiger partial charge in [0.1, 0.15) is 6.61 Å². The topological polar surface area (TPSA) is 93.2 Å². The van der Waals surface area contributed by atoms with Crippen LogP contribution in [0.15, 0.2) is 84.6 Å². The number of thiophene rings is 1. The lowest BCUT2D eigenvalue weighted by Crippen LogP contribution is -2.14. The Labute approximate surface area is 182 Å². The maximum absolute atomic E-state index is 12.7. The van der Waals surface area contributed by atoms with Gasteiger partial charge < -0.3 is 15.4 Å². The largest absolute Gasteiger partial charge is 0.485 e. The van der Waals surface area contributed by atoms with Gasteiger partial charge in [-0.2, -0.15) is 0 Å². The third-order valence-electron chi connectivity index (χ3n) is 4.30. The monoisotopic (exact) mass is 430 g/mol. The van der Waals surface area contributed by atoms with E-state index in [9.17, 15) is 9.59 Å². The molecule has 2 amide bonds. The highest BCUT2D eigenvalue weighted by molar-refractivity contribution is 7.12. The highest BCUT2D eigenvalue weighted by atomic mass is 32.1. The number of nitrogens with one attached hydrogen (secondary N) is 2. The van der Waals surface area contributed by atoms with Crippen molar-refractivity contribution in [3.63, 3.8) is 0 Å². The maximum atomic E-state index is 12.7. The predicted octanol–water partition coefficient (Wildman–Crippen LogP) is 4.62. The first kappa shape index (κ1) is 20.2. The molecule has 0 saturated carbocycles. The number of carbonyl (C=O) groups excluding carboxylic acids is 2. The lowest BCUT2D eigenvalue weighted by atomic mass is 10.2. The van der Waals surface area contributed by atoms with Crippen molar-refractivity contribution in [2.75, 3.05) is 10.6 Å². The first-order valence-electron chi connectivity index (χ1n) is 9.42. The molecule has 3 aromatic heterocycles. The van der Waals surface area contributed by atoms with E-state index in [1.165, 1.54) is 11.3 Å². The minimum absolute atomic E-state index is 0.184. The van der Waals surface area contributed by atoms with Crippen LogP contribution >= 0.6 is 11.3 Å². The SMILES string of the molecule is O=C(Nc1ncccc1OCc1ccncc1)c1ccc(NC(=O)c2cccs2)cc1. The maximum Gasteiger partial charge on any atom is 0.265 e. The van der Waals surface area contributed by atoms with Crippen LogP contribution in [0.3, 0.4) is 0 Å². The molecule has 8 heteroatoms. The van der Waals surface area contributed by atoms with Crippen LogP contribution in [0.5, 0.6) is 5.75 Å². The Morgan fingerprint density at radius 2 is 1.68 bits per heavy atom. The van der Waals surface area contributed by atoms with Gasteiger partial charge in [-0.05, 0) is 65.5 Å². The quantitative estimate of drug-likeness (QED) is 0.446. The molecular weight excluding hydrogens is 412 g/mol. The zero-order chi connectivity index (χ0) is 21.5. The fourth-order valence-corrected chi connectivity index (χ4v) is 3.35. The van der Waals surface area contributed by atoms with Crippen molar-refractivity contribution in [3.8, 4) is 5.75 Å². The summed E-state index contributed by atoms with van der Waals surface area (Å²) in [6, 6.07) is 17.4. The Bertz CT molecular complexity index is 1160. The molecule has 0 atom stereocenters. The van der Waals surface area contributed by atoms with Crippen molar-refractivity contribution < 1.29 is 14.3 Å². The normalized spacial score (nSPS) is 10.3. The van der Waals surface area contributed by atoms with Crippen molar-refractivity contribution in [3.05, 3.63) is 101 Å². The molecule has 3 heterocycles. The summed E-state index contributed by atoms with van der Waals surface area (Å²) in [5.41, 5.74) is 1.99. The Morgan fingerprint density at radius 3 is 2.42 bits per heavy atom. The zero-order valence-electron chi connectivity index (χ0n) is 16.3. The van der Waals surface area contributed by atoms with Gasteiger partial charge in [-0.15, -0.1) is 11.3 Å². The average molecular weight is 430 g/mol. The number of hydrogen-bond donors (Lipinski definition) is 2. The smallest absolute Gasteiger partial charge is 0.265 e. The van der Waals surface area contributed by atoms with Crippen LogP contribution in [0, 0.1) is 0 Å². The van der Waals surface area contributed by atoms with Crippen LogP contribution in [0.4, 0.5) is 11.5 Å². The molecule has 0 bridgehead atoms. The van der Waals surface area contributed by atoms with Gasteiger partial charge in [-0.25, -0.2) is 4.98 Å². The number of anilines is 2. The van der Waals surface area contributed by atoms with E-state index in [0.29, 0.717) is 34.3 Å². The molecule has 31 heavy (non-hydrogen) atoms. The summed E-state index contributed by atoms with van der Waals surface area (Å²) < 4.78 is 5.81. The minimum atomic E-state index is -0.330. The summed E-state index contributed by atoms with van der Waals surface area (Å²) in [6.07, 6.45) is 4.96. The van der Waals surface area contributed by atoms with E-state index in [0.717, 1.165) is 5.56 Å². The van der Waals surface area contributed by atoms with Crippen molar-refractivity contribution in [2.45, 2.75) is 6.61 Å². The number of aromatic nitrogens is 2. The van der Waals surface area contributed by atoms with Gasteiger partial charge in [0.25, 0.3) is 11.8 Å². The molecule has 0 aliphatic rings. The van der Waals surface area contributed by atoms with Crippen LogP contribution in [0.2, 0.25) is 0 Å². The van der Waals surface area contributed by atoms with Gasteiger partial charge in [0, 0.05) is 29.8 Å². The second kappa shape index (κ2) is 9.64. The van der Waals surface area contributed by atoms with Gasteiger partial charge in [-0.3, -0.25) is 14.6 Å². The molecule has 1 aromatic carbocycles. The number of benzene rings is 1. The number of hydrogen-bond acceptors (Lipinski definition) is 6. The molecule has 7 nitrogen and oxygen atoms in total. The lowest BCUT2D eigenvalue weighted by Gasteiger charge is -2.12. The second-order valence-electron chi connectivity index (χ2n) is 6.46. The van der Waals surface area contributed by atoms with Gasteiger partial charge in [-0.1, -0.05) is 6.07 Å². The molecule has 0 radical (unpaired) electrons. The van der Waals surface area contributed by atoms with Crippen molar-refractivity contribution in [1.82, 2.24) is 9.97 Å². The number of ether oxygens (including phenoxy) is 1. The number of carbonyl (C=O) groups is 2. The van der Waals surface area contributed by atoms with E-state index in [1.54, 1.807) is 61.1 Å². The van der Waals surface area contributed by atoms with E-state index in [2.05, 4.69) is 20.6 Å². The predicted molar refractivity (Wildman–Crippen MR) is 119 cm³/mol. The minimum Gasteiger partial charge on any atom is -0.485 e. The molecule has 2 N–H and O–H groups in total. The van der Waals surface area contributed by atoms with E-state index in [1.807, 2.05) is 23.6 Å². The van der Waals surface area contributed by atoms with Crippen molar-refractivity contribution >= 4 is 34.7 Å². The van der Waals surface area contributed by atoms with Gasteiger partial charge in [0.2, 0.25) is 0 Å². The Hall–Kier alpha value is -4.04. The number of amides is 2. The van der Waals surface area contributed by atoms with E-state index in [4.69, 9.17) is 4.74 Å². The highest BCUT2D eigenvalue weighted by Gasteiger charge is 2.12. The van der Waals surface area contributed by atoms with E-state index in [-0.39, 0.29) is 11.8 Å². The van der Waals surface area contributed by atoms with Crippen LogP contribution in [-0.4, -0.2) is 21.8 Å². The molecule has 0 aliphatic heterocycles. The summed E-state index contributed by atoms with van der Waals surface area (Å²) in [6.45, 7) is 0.329. The third kappa shape index (κ3) is 5.31. The molecule has 154 valence electrons. The fourth-order valence-electron chi connectivity index (χ4n) is 2.73. The highest BCUT2D eigenvalue weighted by Crippen LogP contribution is 2.23. The molecule has 4 aromatic rings. The lowest BCUT2D eigenvalue weighted by molar-refractivity contribution is 0.102. The van der Waals surface area contributed by atoms with E-state index >= 15 is 0 Å². The number of pyridine rings is 2. The average Bonchev–Trinajstić information content (AvgIpc) is 3.35. The number of nitrogens with zero attached hydrogens (tertiary/aromatic N) is 2. The van der Waals surface area contributed by atoms with Gasteiger partial charge >= 0.3 is 0 Å². The van der Waals surface area contributed by atoms with Crippen molar-refractivity contribution in [2.24, 2.45) is 0 Å². The molecule has 0 fully saturated rings. The van der Waals surface area contributed by atoms with Crippen LogP contribution in [0.1, 0.15) is 25.6 Å². The second-order valence-corrected chi connectivity index (χ2v) is 7.40. The van der Waals surface area contributed by atoms with Gasteiger partial charge in [0.15, 0.2) is 11.6 Å². The molecule has 0 unspecified atom stereocenters. The van der Waals surface area contributed by atoms with Crippen LogP contribution in [-0.2, 0) is 6.61 Å². The Balaban J connectivity index is 1.39. The third-order valence-corrected chi connectivity index (χ3v) is 5.16. The summed E-state index contributed by atoms with van der Waals surface area (Å²) in [7, 11) is 0. The molecular formula is C23H18N4O3S. The van der Waals surface area contributed by atoms with E-state index < -0.39 is 0 Å². The fraction of sp³-hybridized carbons (Fsp3) is 0.0435. The Kier molecular flexibility index (Phi) is 6.29. The summed E-state index contributed by atoms with van der Waals surface area (Å²) in [4.78, 5) is 33.6. The zero-order valence-corrected chi connectivity index (χ0v) is 17.1. The molecule has 0 saturated heterocycles. The van der Waals surface area contributed by atoms with Crippen molar-refractivity contribution in [1.29, 1.82) is 0 Å². The number of rotatable bonds is 7. The first-order valence-corrected chi connectivity index (χ1v) is 10.3. The Morgan fingerprint density at radius 1 is 0.871 bits per heavy atom. The van der Waals surface area contributed by atoms with Crippen LogP contribution in [0.25, 0.3) is 0 Å².